The fourth-order valence-corrected chi connectivity index (χ4v) is 3.62. The van der Waals surface area contributed by atoms with Crippen molar-refractivity contribution in [1.29, 1.82) is 0 Å². The van der Waals surface area contributed by atoms with Crippen LogP contribution in [0.3, 0.4) is 0 Å². The Labute approximate surface area is 199 Å². The maximum absolute atomic E-state index is 14.8. The molecule has 190 valence electrons. The number of benzene rings is 2. The summed E-state index contributed by atoms with van der Waals surface area (Å²) in [4.78, 5) is 30.7. The molecule has 1 unspecified atom stereocenters. The summed E-state index contributed by atoms with van der Waals surface area (Å²) in [7, 11) is 1.42. The molecular weight excluding hydrogens is 491 g/mol. The molecule has 0 radical (unpaired) electrons. The Bertz CT molecular complexity index is 1510. The van der Waals surface area contributed by atoms with E-state index in [9.17, 15) is 36.6 Å². The lowest BCUT2D eigenvalue weighted by Gasteiger charge is -2.11. The number of nitrogens with one attached hydrogen (secondary N) is 1. The molecule has 4 rings (SSSR count). The summed E-state index contributed by atoms with van der Waals surface area (Å²) in [6, 6.07) is 9.18. The molecule has 4 aromatic rings. The number of hydrogen-bond donors (Lipinski definition) is 2. The van der Waals surface area contributed by atoms with Crippen LogP contribution in [-0.2, 0) is 20.2 Å². The molecule has 13 heteroatoms. The van der Waals surface area contributed by atoms with Gasteiger partial charge in [0, 0.05) is 18.2 Å². The largest absolute Gasteiger partial charge is 0.486 e. The second-order valence-corrected chi connectivity index (χ2v) is 7.91. The van der Waals surface area contributed by atoms with Gasteiger partial charge in [-0.3, -0.25) is 14.3 Å². The van der Waals surface area contributed by atoms with Gasteiger partial charge < -0.3 is 14.4 Å². The average Bonchev–Trinajstić information content (AvgIpc) is 3.18. The second kappa shape index (κ2) is 9.93. The van der Waals surface area contributed by atoms with Gasteiger partial charge in [-0.15, -0.1) is 0 Å². The molecule has 2 aromatic heterocycles. The van der Waals surface area contributed by atoms with Crippen LogP contribution >= 0.6 is 0 Å². The summed E-state index contributed by atoms with van der Waals surface area (Å²) < 4.78 is 73.2. The number of alkyl halides is 4. The van der Waals surface area contributed by atoms with Gasteiger partial charge in [-0.25, -0.2) is 31.7 Å². The number of rotatable bonds is 8. The summed E-state index contributed by atoms with van der Waals surface area (Å²) in [5.41, 5.74) is -1.68. The molecule has 2 aromatic carbocycles. The third kappa shape index (κ3) is 4.87. The van der Waals surface area contributed by atoms with E-state index in [0.717, 1.165) is 6.07 Å². The molecule has 0 fully saturated rings. The molecule has 36 heavy (non-hydrogen) atoms. The summed E-state index contributed by atoms with van der Waals surface area (Å²) in [5, 5.41) is 9.53. The van der Waals surface area contributed by atoms with Crippen molar-refractivity contribution in [2.75, 3.05) is 0 Å². The topological polar surface area (TPSA) is 102 Å². The quantitative estimate of drug-likeness (QED) is 0.354. The first kappa shape index (κ1) is 25.1. The fraction of sp³-hybridized carbons (Fsp3) is 0.261. The van der Waals surface area contributed by atoms with Gasteiger partial charge in [0.05, 0.1) is 6.54 Å². The van der Waals surface area contributed by atoms with E-state index in [4.69, 9.17) is 4.74 Å². The van der Waals surface area contributed by atoms with E-state index in [1.807, 2.05) is 4.98 Å². The zero-order valence-electron chi connectivity index (χ0n) is 18.6. The molecular formula is C23H19F5N4O4. The second-order valence-electron chi connectivity index (χ2n) is 7.91. The van der Waals surface area contributed by atoms with E-state index in [0.29, 0.717) is 10.1 Å². The van der Waals surface area contributed by atoms with Crippen molar-refractivity contribution >= 4 is 11.2 Å². The standard InChI is InChI=1S/C23H19F5N4O4/c1-31-17-21(32(9-15(33)19(27)28)23(35)30-22(17)34)29-20(31)13-6-7-16(14(24)8-13)36-10-11-2-4-12(5-3-11)18(25)26/h2-8,15,18-19,33H,9-10H2,1H3,(H,30,34,35). The Morgan fingerprint density at radius 2 is 1.78 bits per heavy atom. The number of aliphatic hydroxyl groups is 1. The molecule has 0 aliphatic heterocycles. The SMILES string of the molecule is Cn1c(-c2ccc(OCc3ccc(C(F)F)cc3)c(F)c2)nc2c1c(=O)[nH]c(=O)n2CC(O)C(F)F. The van der Waals surface area contributed by atoms with Crippen LogP contribution in [0.2, 0.25) is 0 Å². The highest BCUT2D eigenvalue weighted by molar-refractivity contribution is 5.77. The molecule has 1 atom stereocenters. The fourth-order valence-electron chi connectivity index (χ4n) is 3.62. The minimum Gasteiger partial charge on any atom is -0.486 e. The van der Waals surface area contributed by atoms with Gasteiger partial charge in [0.2, 0.25) is 0 Å². The van der Waals surface area contributed by atoms with Crippen molar-refractivity contribution in [2.24, 2.45) is 7.05 Å². The van der Waals surface area contributed by atoms with Gasteiger partial charge >= 0.3 is 5.69 Å². The molecule has 0 aliphatic carbocycles. The molecule has 0 bridgehead atoms. The van der Waals surface area contributed by atoms with Crippen LogP contribution in [0.4, 0.5) is 22.0 Å². The Balaban J connectivity index is 1.64. The molecule has 0 aliphatic rings. The summed E-state index contributed by atoms with van der Waals surface area (Å²) in [5.74, 6) is -0.872. The maximum atomic E-state index is 14.8. The van der Waals surface area contributed by atoms with Crippen molar-refractivity contribution < 1.29 is 31.8 Å². The first-order valence-corrected chi connectivity index (χ1v) is 10.5. The summed E-state index contributed by atoms with van der Waals surface area (Å²) in [6.07, 6.45) is -7.92. The van der Waals surface area contributed by atoms with Gasteiger partial charge in [-0.1, -0.05) is 24.3 Å². The minimum atomic E-state index is -3.13. The van der Waals surface area contributed by atoms with Crippen LogP contribution < -0.4 is 16.0 Å². The number of nitrogens with zero attached hydrogens (tertiary/aromatic N) is 3. The predicted octanol–water partition coefficient (Wildman–Crippen LogP) is 3.37. The van der Waals surface area contributed by atoms with Crippen molar-refractivity contribution in [1.82, 2.24) is 19.1 Å². The predicted molar refractivity (Wildman–Crippen MR) is 119 cm³/mol. The van der Waals surface area contributed by atoms with Gasteiger partial charge in [0.25, 0.3) is 18.4 Å². The Morgan fingerprint density at radius 3 is 2.39 bits per heavy atom. The highest BCUT2D eigenvalue weighted by atomic mass is 19.3. The third-order valence-corrected chi connectivity index (χ3v) is 5.49. The van der Waals surface area contributed by atoms with E-state index in [2.05, 4.69) is 4.98 Å². The number of hydrogen-bond acceptors (Lipinski definition) is 5. The molecule has 8 nitrogen and oxygen atoms in total. The average molecular weight is 510 g/mol. The molecule has 2 N–H and O–H groups in total. The zero-order valence-corrected chi connectivity index (χ0v) is 18.6. The number of H-pyrrole nitrogens is 1. The minimum absolute atomic E-state index is 0.0504. The number of ether oxygens (including phenoxy) is 1. The number of aromatic nitrogens is 4. The molecule has 0 spiro atoms. The number of aryl methyl sites for hydroxylation is 1. The van der Waals surface area contributed by atoms with Crippen LogP contribution in [0.5, 0.6) is 5.75 Å². The van der Waals surface area contributed by atoms with Crippen LogP contribution in [0.25, 0.3) is 22.6 Å². The Morgan fingerprint density at radius 1 is 1.08 bits per heavy atom. The number of halogens is 5. The van der Waals surface area contributed by atoms with Crippen LogP contribution in [-0.4, -0.2) is 36.7 Å². The summed E-state index contributed by atoms with van der Waals surface area (Å²) in [6.45, 7) is -0.903. The van der Waals surface area contributed by atoms with Crippen molar-refractivity contribution in [3.63, 3.8) is 0 Å². The van der Waals surface area contributed by atoms with Crippen molar-refractivity contribution in [3.05, 3.63) is 80.2 Å². The van der Waals surface area contributed by atoms with Gasteiger partial charge in [0.15, 0.2) is 22.7 Å². The molecule has 0 saturated carbocycles. The first-order chi connectivity index (χ1) is 17.1. The monoisotopic (exact) mass is 510 g/mol. The maximum Gasteiger partial charge on any atom is 0.330 e. The Hall–Kier alpha value is -4.00. The number of imidazole rings is 1. The van der Waals surface area contributed by atoms with Gasteiger partial charge in [-0.05, 0) is 23.8 Å². The number of aliphatic hydroxyl groups excluding tert-OH is 1. The normalized spacial score (nSPS) is 12.6. The summed E-state index contributed by atoms with van der Waals surface area (Å²) >= 11 is 0. The lowest BCUT2D eigenvalue weighted by Crippen LogP contribution is -2.36. The van der Waals surface area contributed by atoms with E-state index in [1.54, 1.807) is 0 Å². The highest BCUT2D eigenvalue weighted by Gasteiger charge is 2.23. The Kier molecular flexibility index (Phi) is 6.93. The van der Waals surface area contributed by atoms with E-state index in [1.165, 1.54) is 48.0 Å². The lowest BCUT2D eigenvalue weighted by molar-refractivity contribution is -0.0136. The van der Waals surface area contributed by atoms with Crippen molar-refractivity contribution in [3.8, 4) is 17.1 Å². The third-order valence-electron chi connectivity index (χ3n) is 5.49. The molecule has 0 saturated heterocycles. The zero-order chi connectivity index (χ0) is 26.1. The smallest absolute Gasteiger partial charge is 0.330 e. The number of aromatic amines is 1. The highest BCUT2D eigenvalue weighted by Crippen LogP contribution is 2.27. The van der Waals surface area contributed by atoms with Crippen LogP contribution in [0, 0.1) is 5.82 Å². The molecule has 2 heterocycles. The first-order valence-electron chi connectivity index (χ1n) is 10.5. The van der Waals surface area contributed by atoms with E-state index in [-0.39, 0.29) is 40.5 Å². The number of fused-ring (bicyclic) bond motifs is 1. The van der Waals surface area contributed by atoms with Gasteiger partial charge in [-0.2, -0.15) is 0 Å². The van der Waals surface area contributed by atoms with Crippen molar-refractivity contribution in [2.45, 2.75) is 32.1 Å². The van der Waals surface area contributed by atoms with E-state index >= 15 is 0 Å². The lowest BCUT2D eigenvalue weighted by atomic mass is 10.1. The molecule has 0 amide bonds. The van der Waals surface area contributed by atoms with Crippen LogP contribution in [0.1, 0.15) is 17.6 Å². The van der Waals surface area contributed by atoms with Crippen LogP contribution in [0.15, 0.2) is 52.1 Å². The van der Waals surface area contributed by atoms with Gasteiger partial charge in [0.1, 0.15) is 18.5 Å². The van der Waals surface area contributed by atoms with E-state index < -0.39 is 42.6 Å².